The average molecular weight is 278 g/mol. The summed E-state index contributed by atoms with van der Waals surface area (Å²) in [5, 5.41) is 0. The highest BCUT2D eigenvalue weighted by Gasteiger charge is 2.17. The predicted octanol–water partition coefficient (Wildman–Crippen LogP) is 5.12. The van der Waals surface area contributed by atoms with Gasteiger partial charge in [-0.05, 0) is 43.3 Å². The van der Waals surface area contributed by atoms with Gasteiger partial charge >= 0.3 is 0 Å². The van der Waals surface area contributed by atoms with Gasteiger partial charge in [0.15, 0.2) is 4.77 Å². The van der Waals surface area contributed by atoms with Crippen LogP contribution in [0.5, 0.6) is 0 Å². The number of hydrogen-bond acceptors (Lipinski definition) is 1. The van der Waals surface area contributed by atoms with E-state index in [1.54, 1.807) is 12.1 Å². The average Bonchev–Trinajstić information content (AvgIpc) is 2.65. The number of aromatic nitrogens is 2. The lowest BCUT2D eigenvalue weighted by atomic mass is 9.96. The summed E-state index contributed by atoms with van der Waals surface area (Å²) in [5.74, 6) is -0.193. The Morgan fingerprint density at radius 2 is 1.79 bits per heavy atom. The molecule has 0 bridgehead atoms. The fourth-order valence-electron chi connectivity index (χ4n) is 3.15. The van der Waals surface area contributed by atoms with Crippen LogP contribution in [0, 0.1) is 10.6 Å². The molecule has 1 fully saturated rings. The highest BCUT2D eigenvalue weighted by molar-refractivity contribution is 7.71. The summed E-state index contributed by atoms with van der Waals surface area (Å²) in [4.78, 5) is 3.20. The van der Waals surface area contributed by atoms with E-state index in [-0.39, 0.29) is 5.82 Å². The smallest absolute Gasteiger partial charge is 0.178 e. The summed E-state index contributed by atoms with van der Waals surface area (Å²) >= 11 is 5.44. The second-order valence-electron chi connectivity index (χ2n) is 5.46. The Labute approximate surface area is 117 Å². The molecule has 1 aliphatic carbocycles. The summed E-state index contributed by atoms with van der Waals surface area (Å²) in [6.45, 7) is 0. The van der Waals surface area contributed by atoms with E-state index in [2.05, 4.69) is 9.55 Å². The number of H-pyrrole nitrogens is 1. The van der Waals surface area contributed by atoms with Crippen LogP contribution < -0.4 is 0 Å². The van der Waals surface area contributed by atoms with Gasteiger partial charge in [0.25, 0.3) is 0 Å². The number of nitrogens with one attached hydrogen (secondary N) is 1. The maximum absolute atomic E-state index is 13.5. The molecule has 1 heterocycles. The van der Waals surface area contributed by atoms with Crippen LogP contribution in [0.25, 0.3) is 11.0 Å². The highest BCUT2D eigenvalue weighted by Crippen LogP contribution is 2.30. The first-order valence-corrected chi connectivity index (χ1v) is 7.56. The molecule has 1 saturated carbocycles. The Morgan fingerprint density at radius 3 is 2.53 bits per heavy atom. The first kappa shape index (κ1) is 12.9. The number of halogens is 1. The highest BCUT2D eigenvalue weighted by atomic mass is 32.1. The van der Waals surface area contributed by atoms with Crippen LogP contribution in [0.4, 0.5) is 4.39 Å². The number of fused-ring (bicyclic) bond motifs is 1. The molecule has 1 N–H and O–H groups in total. The number of benzene rings is 1. The van der Waals surface area contributed by atoms with Gasteiger partial charge in [-0.1, -0.05) is 32.1 Å². The van der Waals surface area contributed by atoms with Crippen LogP contribution in [0.1, 0.15) is 51.0 Å². The Kier molecular flexibility index (Phi) is 3.69. The summed E-state index contributed by atoms with van der Waals surface area (Å²) < 4.78 is 16.3. The third-order valence-corrected chi connectivity index (χ3v) is 4.42. The van der Waals surface area contributed by atoms with Gasteiger partial charge in [0.1, 0.15) is 5.82 Å². The van der Waals surface area contributed by atoms with Gasteiger partial charge < -0.3 is 9.55 Å². The van der Waals surface area contributed by atoms with E-state index >= 15 is 0 Å². The summed E-state index contributed by atoms with van der Waals surface area (Å²) in [5.41, 5.74) is 1.85. The molecule has 0 atom stereocenters. The van der Waals surface area contributed by atoms with Crippen molar-refractivity contribution in [2.24, 2.45) is 0 Å². The SMILES string of the molecule is Fc1ccc2[nH]c(=S)n(C3CCCCCCC3)c2c1. The number of aromatic amines is 1. The molecule has 0 saturated heterocycles. The van der Waals surface area contributed by atoms with Gasteiger partial charge in [0.05, 0.1) is 11.0 Å². The van der Waals surface area contributed by atoms with Crippen molar-refractivity contribution in [3.8, 4) is 0 Å². The van der Waals surface area contributed by atoms with Crippen molar-refractivity contribution in [3.05, 3.63) is 28.8 Å². The Bertz CT molecular complexity index is 621. The molecule has 0 spiro atoms. The van der Waals surface area contributed by atoms with Crippen molar-refractivity contribution in [1.82, 2.24) is 9.55 Å². The molecule has 4 heteroatoms. The van der Waals surface area contributed by atoms with E-state index in [1.165, 1.54) is 38.2 Å². The molecule has 0 amide bonds. The minimum absolute atomic E-state index is 0.193. The van der Waals surface area contributed by atoms with Crippen LogP contribution in [-0.4, -0.2) is 9.55 Å². The molecule has 1 aromatic heterocycles. The van der Waals surface area contributed by atoms with Crippen LogP contribution in [0.2, 0.25) is 0 Å². The topological polar surface area (TPSA) is 20.7 Å². The fraction of sp³-hybridized carbons (Fsp3) is 0.533. The summed E-state index contributed by atoms with van der Waals surface area (Å²) in [6.07, 6.45) is 8.75. The molecule has 3 rings (SSSR count). The zero-order valence-corrected chi connectivity index (χ0v) is 11.8. The first-order valence-electron chi connectivity index (χ1n) is 7.15. The lowest BCUT2D eigenvalue weighted by Crippen LogP contribution is -2.11. The van der Waals surface area contributed by atoms with E-state index < -0.39 is 0 Å². The van der Waals surface area contributed by atoms with E-state index in [0.717, 1.165) is 28.6 Å². The van der Waals surface area contributed by atoms with Gasteiger partial charge in [0, 0.05) is 6.04 Å². The third kappa shape index (κ3) is 2.59. The minimum atomic E-state index is -0.193. The summed E-state index contributed by atoms with van der Waals surface area (Å²) in [7, 11) is 0. The number of nitrogens with zero attached hydrogens (tertiary/aromatic N) is 1. The van der Waals surface area contributed by atoms with Gasteiger partial charge in [-0.3, -0.25) is 0 Å². The Balaban J connectivity index is 2.04. The van der Waals surface area contributed by atoms with E-state index in [1.807, 2.05) is 0 Å². The van der Waals surface area contributed by atoms with Crippen molar-refractivity contribution < 1.29 is 4.39 Å². The summed E-state index contributed by atoms with van der Waals surface area (Å²) in [6, 6.07) is 5.28. The number of hydrogen-bond donors (Lipinski definition) is 1. The van der Waals surface area contributed by atoms with Crippen LogP contribution >= 0.6 is 12.2 Å². The molecule has 19 heavy (non-hydrogen) atoms. The molecule has 0 unspecified atom stereocenters. The Hall–Kier alpha value is -1.16. The molecule has 0 aliphatic heterocycles. The first-order chi connectivity index (χ1) is 9.25. The standard InChI is InChI=1S/C15H19FN2S/c16-11-8-9-13-14(10-11)18(15(19)17-13)12-6-4-2-1-3-5-7-12/h8-10,12H,1-7H2,(H,17,19). The maximum atomic E-state index is 13.5. The normalized spacial score (nSPS) is 18.4. The predicted molar refractivity (Wildman–Crippen MR) is 78.4 cm³/mol. The molecule has 1 aromatic carbocycles. The van der Waals surface area contributed by atoms with Crippen molar-refractivity contribution in [2.75, 3.05) is 0 Å². The zero-order valence-electron chi connectivity index (χ0n) is 11.0. The lowest BCUT2D eigenvalue weighted by molar-refractivity contribution is 0.375. The molecule has 0 radical (unpaired) electrons. The van der Waals surface area contributed by atoms with Crippen LogP contribution in [0.3, 0.4) is 0 Å². The van der Waals surface area contributed by atoms with Crippen molar-refractivity contribution >= 4 is 23.3 Å². The Morgan fingerprint density at radius 1 is 1.11 bits per heavy atom. The van der Waals surface area contributed by atoms with Crippen LogP contribution in [-0.2, 0) is 0 Å². The molecule has 102 valence electrons. The fourth-order valence-corrected chi connectivity index (χ4v) is 3.51. The zero-order chi connectivity index (χ0) is 13.2. The van der Waals surface area contributed by atoms with E-state index in [0.29, 0.717) is 6.04 Å². The second-order valence-corrected chi connectivity index (χ2v) is 5.85. The maximum Gasteiger partial charge on any atom is 0.178 e. The van der Waals surface area contributed by atoms with Crippen molar-refractivity contribution in [3.63, 3.8) is 0 Å². The van der Waals surface area contributed by atoms with Crippen molar-refractivity contribution in [2.45, 2.75) is 51.0 Å². The van der Waals surface area contributed by atoms with Gasteiger partial charge in [0.2, 0.25) is 0 Å². The van der Waals surface area contributed by atoms with Gasteiger partial charge in [-0.25, -0.2) is 4.39 Å². The molecule has 2 aromatic rings. The minimum Gasteiger partial charge on any atom is -0.331 e. The quantitative estimate of drug-likeness (QED) is 0.718. The second kappa shape index (κ2) is 5.45. The van der Waals surface area contributed by atoms with Gasteiger partial charge in [-0.2, -0.15) is 0 Å². The van der Waals surface area contributed by atoms with E-state index in [4.69, 9.17) is 12.2 Å². The molecular formula is C15H19FN2S. The monoisotopic (exact) mass is 278 g/mol. The molecular weight excluding hydrogens is 259 g/mol. The van der Waals surface area contributed by atoms with E-state index in [9.17, 15) is 4.39 Å². The van der Waals surface area contributed by atoms with Crippen LogP contribution in [0.15, 0.2) is 18.2 Å². The number of imidazole rings is 1. The molecule has 2 nitrogen and oxygen atoms in total. The lowest BCUT2D eigenvalue weighted by Gasteiger charge is -2.22. The largest absolute Gasteiger partial charge is 0.331 e. The van der Waals surface area contributed by atoms with Crippen molar-refractivity contribution in [1.29, 1.82) is 0 Å². The van der Waals surface area contributed by atoms with Gasteiger partial charge in [-0.15, -0.1) is 0 Å². The molecule has 1 aliphatic rings. The third-order valence-electron chi connectivity index (χ3n) is 4.12. The number of rotatable bonds is 1.